The van der Waals surface area contributed by atoms with Crippen LogP contribution in [0, 0.1) is 27.7 Å². The van der Waals surface area contributed by atoms with E-state index < -0.39 is 0 Å². The molecule has 0 bridgehead atoms. The fourth-order valence-corrected chi connectivity index (χ4v) is 3.53. The summed E-state index contributed by atoms with van der Waals surface area (Å²) in [7, 11) is 1.57. The van der Waals surface area contributed by atoms with E-state index in [1.54, 1.807) is 7.05 Å². The van der Waals surface area contributed by atoms with Gasteiger partial charge in [0.1, 0.15) is 6.61 Å². The first-order valence-electron chi connectivity index (χ1n) is 10.1. The molecule has 0 N–H and O–H groups in total. The van der Waals surface area contributed by atoms with E-state index in [0.717, 1.165) is 33.5 Å². The second-order valence-corrected chi connectivity index (χ2v) is 7.77. The average molecular weight is 415 g/mol. The molecule has 158 valence electrons. The van der Waals surface area contributed by atoms with Crippen molar-refractivity contribution in [3.8, 4) is 22.7 Å². The summed E-state index contributed by atoms with van der Waals surface area (Å²) in [6, 6.07) is 16.2. The van der Waals surface area contributed by atoms with Crippen LogP contribution in [0.2, 0.25) is 0 Å². The van der Waals surface area contributed by atoms with Gasteiger partial charge in [0.15, 0.2) is 0 Å². The Bertz CT molecular complexity index is 1300. The minimum Gasteiger partial charge on any atom is -0.473 e. The Morgan fingerprint density at radius 2 is 1.68 bits per heavy atom. The largest absolute Gasteiger partial charge is 0.473 e. The molecule has 0 aliphatic heterocycles. The van der Waals surface area contributed by atoms with E-state index in [9.17, 15) is 4.79 Å². The Balaban J connectivity index is 1.65. The van der Waals surface area contributed by atoms with Crippen LogP contribution in [0.4, 0.5) is 0 Å². The van der Waals surface area contributed by atoms with Gasteiger partial charge in [0.2, 0.25) is 5.88 Å². The molecule has 7 nitrogen and oxygen atoms in total. The molecule has 7 heteroatoms. The third-order valence-corrected chi connectivity index (χ3v) is 5.41. The summed E-state index contributed by atoms with van der Waals surface area (Å²) in [5, 5.41) is 7.79. The van der Waals surface area contributed by atoms with Crippen LogP contribution >= 0.6 is 0 Å². The Morgan fingerprint density at radius 3 is 2.35 bits per heavy atom. The highest BCUT2D eigenvalue weighted by Crippen LogP contribution is 2.28. The van der Waals surface area contributed by atoms with Crippen molar-refractivity contribution in [2.45, 2.75) is 34.3 Å². The van der Waals surface area contributed by atoms with Gasteiger partial charge in [-0.15, -0.1) is 0 Å². The summed E-state index contributed by atoms with van der Waals surface area (Å²) in [5.74, 6) is 0.578. The maximum absolute atomic E-state index is 12.3. The van der Waals surface area contributed by atoms with Gasteiger partial charge in [0.05, 0.1) is 5.69 Å². The Morgan fingerprint density at radius 1 is 0.935 bits per heavy atom. The fraction of sp³-hybridized carbons (Fsp3) is 0.250. The molecule has 4 aromatic rings. The molecule has 2 heterocycles. The molecule has 0 spiro atoms. The molecule has 0 saturated heterocycles. The van der Waals surface area contributed by atoms with Crippen LogP contribution in [-0.2, 0) is 13.7 Å². The first-order valence-corrected chi connectivity index (χ1v) is 10.1. The van der Waals surface area contributed by atoms with Gasteiger partial charge in [-0.1, -0.05) is 42.0 Å². The standard InChI is InChI=1S/C24H25N5O2/c1-15-9-11-19(12-10-15)20-13-17(3)23(25-18(20)4)31-14-21-16(2)7-6-8-22(21)29-24(30)28(5)26-27-29/h6-13H,14H2,1-5H3. The average Bonchev–Trinajstić information content (AvgIpc) is 3.08. The molecule has 4 rings (SSSR count). The summed E-state index contributed by atoms with van der Waals surface area (Å²) in [5.41, 5.74) is 7.52. The van der Waals surface area contributed by atoms with Crippen LogP contribution in [-0.4, -0.2) is 24.8 Å². The maximum Gasteiger partial charge on any atom is 0.368 e. The predicted octanol–water partition coefficient (Wildman–Crippen LogP) is 3.84. The quantitative estimate of drug-likeness (QED) is 0.495. The topological polar surface area (TPSA) is 74.8 Å². The van der Waals surface area contributed by atoms with E-state index in [4.69, 9.17) is 9.72 Å². The lowest BCUT2D eigenvalue weighted by atomic mass is 10.0. The van der Waals surface area contributed by atoms with Crippen molar-refractivity contribution in [2.75, 3.05) is 0 Å². The molecule has 0 amide bonds. The molecule has 0 atom stereocenters. The third kappa shape index (κ3) is 3.99. The lowest BCUT2D eigenvalue weighted by molar-refractivity contribution is 0.290. The number of aryl methyl sites for hydroxylation is 5. The van der Waals surface area contributed by atoms with Crippen molar-refractivity contribution in [1.29, 1.82) is 0 Å². The Labute approximate surface area is 180 Å². The molecule has 0 aliphatic rings. The van der Waals surface area contributed by atoms with Crippen molar-refractivity contribution in [3.05, 3.63) is 87.0 Å². The van der Waals surface area contributed by atoms with Crippen molar-refractivity contribution in [1.82, 2.24) is 24.8 Å². The lowest BCUT2D eigenvalue weighted by Gasteiger charge is -2.15. The highest BCUT2D eigenvalue weighted by molar-refractivity contribution is 5.67. The van der Waals surface area contributed by atoms with Crippen molar-refractivity contribution in [2.24, 2.45) is 7.05 Å². The van der Waals surface area contributed by atoms with E-state index in [1.165, 1.54) is 14.9 Å². The minimum absolute atomic E-state index is 0.266. The van der Waals surface area contributed by atoms with Gasteiger partial charge >= 0.3 is 5.69 Å². The van der Waals surface area contributed by atoms with E-state index in [1.807, 2.05) is 39.0 Å². The second-order valence-electron chi connectivity index (χ2n) is 7.77. The molecule has 0 radical (unpaired) electrons. The summed E-state index contributed by atoms with van der Waals surface area (Å²) >= 11 is 0. The zero-order chi connectivity index (χ0) is 22.1. The molecule has 0 unspecified atom stereocenters. The molecule has 2 aromatic heterocycles. The van der Waals surface area contributed by atoms with Gasteiger partial charge in [-0.25, -0.2) is 9.78 Å². The van der Waals surface area contributed by atoms with Gasteiger partial charge in [-0.05, 0) is 61.4 Å². The SMILES string of the molecule is Cc1ccc(-c2cc(C)c(OCc3c(C)cccc3-n3nnn(C)c3=O)nc2C)cc1. The monoisotopic (exact) mass is 415 g/mol. The zero-order valence-corrected chi connectivity index (χ0v) is 18.4. The number of benzene rings is 2. The van der Waals surface area contributed by atoms with Crippen LogP contribution in [0.3, 0.4) is 0 Å². The van der Waals surface area contributed by atoms with Crippen molar-refractivity contribution >= 4 is 0 Å². The van der Waals surface area contributed by atoms with E-state index >= 15 is 0 Å². The van der Waals surface area contributed by atoms with Crippen LogP contribution < -0.4 is 10.4 Å². The molecule has 0 saturated carbocycles. The van der Waals surface area contributed by atoms with E-state index in [0.29, 0.717) is 11.6 Å². The van der Waals surface area contributed by atoms with E-state index in [-0.39, 0.29) is 12.3 Å². The zero-order valence-electron chi connectivity index (χ0n) is 18.4. The first kappa shape index (κ1) is 20.5. The first-order chi connectivity index (χ1) is 14.8. The van der Waals surface area contributed by atoms with E-state index in [2.05, 4.69) is 47.7 Å². The summed E-state index contributed by atoms with van der Waals surface area (Å²) in [6.45, 7) is 8.30. The molecule has 0 aliphatic carbocycles. The smallest absolute Gasteiger partial charge is 0.368 e. The number of aromatic nitrogens is 5. The Hall–Kier alpha value is -3.74. The predicted molar refractivity (Wildman–Crippen MR) is 120 cm³/mol. The number of pyridine rings is 1. The molecule has 31 heavy (non-hydrogen) atoms. The third-order valence-electron chi connectivity index (χ3n) is 5.41. The Kier molecular flexibility index (Phi) is 5.42. The van der Waals surface area contributed by atoms with Crippen LogP contribution in [0.15, 0.2) is 53.3 Å². The summed E-state index contributed by atoms with van der Waals surface area (Å²) in [6.07, 6.45) is 0. The minimum atomic E-state index is -0.306. The fourth-order valence-electron chi connectivity index (χ4n) is 3.53. The van der Waals surface area contributed by atoms with Crippen LogP contribution in [0.1, 0.15) is 27.9 Å². The highest BCUT2D eigenvalue weighted by atomic mass is 16.5. The number of ether oxygens (including phenoxy) is 1. The maximum atomic E-state index is 12.3. The summed E-state index contributed by atoms with van der Waals surface area (Å²) in [4.78, 5) is 17.1. The molecule has 2 aromatic carbocycles. The van der Waals surface area contributed by atoms with Gasteiger partial charge in [0.25, 0.3) is 0 Å². The molecule has 0 fully saturated rings. The summed E-state index contributed by atoms with van der Waals surface area (Å²) < 4.78 is 8.61. The number of hydrogen-bond acceptors (Lipinski definition) is 5. The number of rotatable bonds is 5. The van der Waals surface area contributed by atoms with Crippen molar-refractivity contribution in [3.63, 3.8) is 0 Å². The highest BCUT2D eigenvalue weighted by Gasteiger charge is 2.15. The van der Waals surface area contributed by atoms with Crippen LogP contribution in [0.25, 0.3) is 16.8 Å². The lowest BCUT2D eigenvalue weighted by Crippen LogP contribution is -2.23. The van der Waals surface area contributed by atoms with Gasteiger partial charge in [-0.3, -0.25) is 0 Å². The molecular formula is C24H25N5O2. The van der Waals surface area contributed by atoms with Gasteiger partial charge in [0, 0.05) is 29.4 Å². The number of hydrogen-bond donors (Lipinski definition) is 0. The number of nitrogens with zero attached hydrogens (tertiary/aromatic N) is 5. The second kappa shape index (κ2) is 8.18. The van der Waals surface area contributed by atoms with Gasteiger partial charge < -0.3 is 4.74 Å². The normalized spacial score (nSPS) is 11.0. The number of tetrazole rings is 1. The van der Waals surface area contributed by atoms with Crippen LogP contribution in [0.5, 0.6) is 5.88 Å². The van der Waals surface area contributed by atoms with Gasteiger partial charge in [-0.2, -0.15) is 9.36 Å². The van der Waals surface area contributed by atoms with Crippen molar-refractivity contribution < 1.29 is 4.74 Å². The molecular weight excluding hydrogens is 390 g/mol.